The molecule has 0 radical (unpaired) electrons. The first-order valence-electron chi connectivity index (χ1n) is 8.96. The van der Waals surface area contributed by atoms with Crippen molar-refractivity contribution in [1.29, 1.82) is 0 Å². The van der Waals surface area contributed by atoms with Crippen molar-refractivity contribution in [2.24, 2.45) is 5.10 Å². The number of hydrogen-bond donors (Lipinski definition) is 0. The zero-order valence-electron chi connectivity index (χ0n) is 14.8. The maximum Gasteiger partial charge on any atom is 0.243 e. The summed E-state index contributed by atoms with van der Waals surface area (Å²) in [5, 5.41) is 7.07. The average molecular weight is 375 g/mol. The SMILES string of the molecule is O=C1CC(c2ccc(Cl)cc2)CN1N=C(c1ccccc1)c1ccccc1. The van der Waals surface area contributed by atoms with Crippen LogP contribution < -0.4 is 0 Å². The molecular formula is C23H19ClN2O. The van der Waals surface area contributed by atoms with Crippen molar-refractivity contribution in [3.8, 4) is 0 Å². The molecule has 3 aromatic rings. The van der Waals surface area contributed by atoms with E-state index in [0.717, 1.165) is 22.4 Å². The highest BCUT2D eigenvalue weighted by Crippen LogP contribution is 2.29. The Kier molecular flexibility index (Phi) is 5.03. The quantitative estimate of drug-likeness (QED) is 0.584. The van der Waals surface area contributed by atoms with Crippen LogP contribution in [0.2, 0.25) is 5.02 Å². The lowest BCUT2D eigenvalue weighted by atomic mass is 9.99. The van der Waals surface area contributed by atoms with Gasteiger partial charge in [0.1, 0.15) is 0 Å². The summed E-state index contributed by atoms with van der Waals surface area (Å²) in [5.41, 5.74) is 3.91. The third-order valence-electron chi connectivity index (χ3n) is 4.76. The molecule has 1 unspecified atom stereocenters. The Morgan fingerprint density at radius 3 is 1.96 bits per heavy atom. The smallest absolute Gasteiger partial charge is 0.243 e. The summed E-state index contributed by atoms with van der Waals surface area (Å²) >= 11 is 5.98. The minimum atomic E-state index is 0.0410. The first-order valence-corrected chi connectivity index (χ1v) is 9.34. The molecule has 4 rings (SSSR count). The summed E-state index contributed by atoms with van der Waals surface area (Å²) < 4.78 is 0. The number of hydrogen-bond acceptors (Lipinski definition) is 2. The molecular weight excluding hydrogens is 356 g/mol. The molecule has 1 amide bonds. The fourth-order valence-corrected chi connectivity index (χ4v) is 3.47. The normalized spacial score (nSPS) is 16.4. The molecule has 3 nitrogen and oxygen atoms in total. The molecule has 134 valence electrons. The second-order valence-electron chi connectivity index (χ2n) is 6.61. The second-order valence-corrected chi connectivity index (χ2v) is 7.05. The van der Waals surface area contributed by atoms with Crippen molar-refractivity contribution >= 4 is 23.2 Å². The van der Waals surface area contributed by atoms with Crippen LogP contribution in [0.4, 0.5) is 0 Å². The van der Waals surface area contributed by atoms with Gasteiger partial charge in [-0.05, 0) is 17.7 Å². The van der Waals surface area contributed by atoms with E-state index in [4.69, 9.17) is 16.7 Å². The standard InChI is InChI=1S/C23H19ClN2O/c24-21-13-11-17(12-14-21)20-15-22(27)26(16-20)25-23(18-7-3-1-4-8-18)19-9-5-2-6-10-19/h1-14,20H,15-16H2. The van der Waals surface area contributed by atoms with E-state index >= 15 is 0 Å². The molecule has 0 bridgehead atoms. The molecule has 0 spiro atoms. The topological polar surface area (TPSA) is 32.7 Å². The third kappa shape index (κ3) is 3.93. The zero-order valence-corrected chi connectivity index (χ0v) is 15.5. The van der Waals surface area contributed by atoms with Crippen LogP contribution in [0.25, 0.3) is 0 Å². The average Bonchev–Trinajstić information content (AvgIpc) is 3.08. The number of amides is 1. The zero-order chi connectivity index (χ0) is 18.6. The number of rotatable bonds is 4. The largest absolute Gasteiger partial charge is 0.273 e. The van der Waals surface area contributed by atoms with Gasteiger partial charge >= 0.3 is 0 Å². The lowest BCUT2D eigenvalue weighted by molar-refractivity contribution is -0.127. The lowest BCUT2D eigenvalue weighted by Crippen LogP contribution is -2.22. The van der Waals surface area contributed by atoms with Crippen molar-refractivity contribution < 1.29 is 4.79 Å². The Labute approximate surface area is 163 Å². The third-order valence-corrected chi connectivity index (χ3v) is 5.01. The highest BCUT2D eigenvalue weighted by molar-refractivity contribution is 6.30. The van der Waals surface area contributed by atoms with Crippen molar-refractivity contribution in [2.45, 2.75) is 12.3 Å². The maximum atomic E-state index is 12.6. The first kappa shape index (κ1) is 17.5. The van der Waals surface area contributed by atoms with Crippen LogP contribution in [0.1, 0.15) is 29.0 Å². The van der Waals surface area contributed by atoms with Crippen LogP contribution in [-0.2, 0) is 4.79 Å². The molecule has 1 aliphatic rings. The minimum absolute atomic E-state index is 0.0410. The number of hydrazone groups is 1. The highest BCUT2D eigenvalue weighted by Gasteiger charge is 2.31. The van der Waals surface area contributed by atoms with E-state index in [0.29, 0.717) is 18.0 Å². The molecule has 1 aliphatic heterocycles. The predicted octanol–water partition coefficient (Wildman–Crippen LogP) is 5.11. The Morgan fingerprint density at radius 1 is 0.852 bits per heavy atom. The van der Waals surface area contributed by atoms with Gasteiger partial charge in [0.2, 0.25) is 5.91 Å². The van der Waals surface area contributed by atoms with E-state index in [9.17, 15) is 4.79 Å². The molecule has 1 atom stereocenters. The lowest BCUT2D eigenvalue weighted by Gasteiger charge is -2.15. The minimum Gasteiger partial charge on any atom is -0.273 e. The number of carbonyl (C=O) groups is 1. The van der Waals surface area contributed by atoms with Crippen LogP contribution in [0.3, 0.4) is 0 Å². The van der Waals surface area contributed by atoms with Gasteiger partial charge in [0, 0.05) is 28.5 Å². The molecule has 27 heavy (non-hydrogen) atoms. The summed E-state index contributed by atoms with van der Waals surface area (Å²) in [6, 6.07) is 27.7. The van der Waals surface area contributed by atoms with Crippen molar-refractivity contribution in [2.75, 3.05) is 6.54 Å². The second kappa shape index (κ2) is 7.77. The fraction of sp³-hybridized carbons (Fsp3) is 0.130. The summed E-state index contributed by atoms with van der Waals surface area (Å²) in [5.74, 6) is 0.172. The van der Waals surface area contributed by atoms with E-state index in [1.165, 1.54) is 0 Å². The number of nitrogens with zero attached hydrogens (tertiary/aromatic N) is 2. The molecule has 1 heterocycles. The van der Waals surface area contributed by atoms with E-state index in [-0.39, 0.29) is 11.8 Å². The van der Waals surface area contributed by atoms with Gasteiger partial charge in [-0.1, -0.05) is 84.4 Å². The summed E-state index contributed by atoms with van der Waals surface area (Å²) in [6.07, 6.45) is 0.460. The molecule has 0 N–H and O–H groups in total. The Morgan fingerprint density at radius 2 is 1.41 bits per heavy atom. The van der Waals surface area contributed by atoms with Crippen LogP contribution in [0.15, 0.2) is 90.0 Å². The van der Waals surface area contributed by atoms with Gasteiger partial charge in [-0.25, -0.2) is 5.01 Å². The number of benzene rings is 3. The van der Waals surface area contributed by atoms with Crippen LogP contribution in [0.5, 0.6) is 0 Å². The number of halogens is 1. The summed E-state index contributed by atoms with van der Waals surface area (Å²) in [6.45, 7) is 0.573. The van der Waals surface area contributed by atoms with Gasteiger partial charge in [0.05, 0.1) is 12.3 Å². The van der Waals surface area contributed by atoms with E-state index in [2.05, 4.69) is 0 Å². The molecule has 1 fully saturated rings. The summed E-state index contributed by atoms with van der Waals surface area (Å²) in [7, 11) is 0. The Bertz CT molecular complexity index is 911. The first-order chi connectivity index (χ1) is 13.2. The molecule has 4 heteroatoms. The van der Waals surface area contributed by atoms with Gasteiger partial charge in [0.25, 0.3) is 0 Å². The van der Waals surface area contributed by atoms with Gasteiger partial charge in [0.15, 0.2) is 0 Å². The van der Waals surface area contributed by atoms with Gasteiger partial charge in [-0.3, -0.25) is 4.79 Å². The Hall–Kier alpha value is -2.91. The van der Waals surface area contributed by atoms with E-state index in [1.54, 1.807) is 5.01 Å². The maximum absolute atomic E-state index is 12.6. The number of carbonyl (C=O) groups excluding carboxylic acids is 1. The molecule has 3 aromatic carbocycles. The van der Waals surface area contributed by atoms with Crippen molar-refractivity contribution in [3.05, 3.63) is 107 Å². The van der Waals surface area contributed by atoms with Gasteiger partial charge in [-0.2, -0.15) is 5.10 Å². The fourth-order valence-electron chi connectivity index (χ4n) is 3.34. The van der Waals surface area contributed by atoms with Gasteiger partial charge < -0.3 is 0 Å². The monoisotopic (exact) mass is 374 g/mol. The van der Waals surface area contributed by atoms with E-state index < -0.39 is 0 Å². The molecule has 1 saturated heterocycles. The van der Waals surface area contributed by atoms with Crippen molar-refractivity contribution in [3.63, 3.8) is 0 Å². The Balaban J connectivity index is 1.66. The molecule has 0 saturated carbocycles. The molecule has 0 aromatic heterocycles. The van der Waals surface area contributed by atoms with Crippen LogP contribution in [0, 0.1) is 0 Å². The predicted molar refractivity (Wildman–Crippen MR) is 109 cm³/mol. The van der Waals surface area contributed by atoms with Crippen LogP contribution in [-0.4, -0.2) is 23.2 Å². The highest BCUT2D eigenvalue weighted by atomic mass is 35.5. The summed E-state index contributed by atoms with van der Waals surface area (Å²) in [4.78, 5) is 12.6. The molecule has 0 aliphatic carbocycles. The van der Waals surface area contributed by atoms with Crippen molar-refractivity contribution in [1.82, 2.24) is 5.01 Å². The van der Waals surface area contributed by atoms with E-state index in [1.807, 2.05) is 84.9 Å². The van der Waals surface area contributed by atoms with Crippen LogP contribution >= 0.6 is 11.6 Å². The van der Waals surface area contributed by atoms with Gasteiger partial charge in [-0.15, -0.1) is 0 Å².